The van der Waals surface area contributed by atoms with E-state index >= 15 is 0 Å². The molecule has 1 saturated heterocycles. The first-order valence-electron chi connectivity index (χ1n) is 12.0. The third-order valence-corrected chi connectivity index (χ3v) is 4.50. The van der Waals surface area contributed by atoms with Crippen molar-refractivity contribution in [3.8, 4) is 0 Å². The number of esters is 1. The van der Waals surface area contributed by atoms with Crippen LogP contribution >= 0.6 is 0 Å². The zero-order chi connectivity index (χ0) is 26.1. The second kappa shape index (κ2) is 13.3. The molecule has 1 aliphatic heterocycles. The molecule has 0 aromatic heterocycles. The Balaban J connectivity index is 3.28. The van der Waals surface area contributed by atoms with Crippen molar-refractivity contribution in [2.45, 2.75) is 111 Å². The van der Waals surface area contributed by atoms with Crippen LogP contribution in [0.1, 0.15) is 75.2 Å². The van der Waals surface area contributed by atoms with Crippen LogP contribution in [0.2, 0.25) is 0 Å². The maximum Gasteiger partial charge on any atom is 0.420 e. The first-order chi connectivity index (χ1) is 15.7. The van der Waals surface area contributed by atoms with Gasteiger partial charge in [-0.15, -0.1) is 0 Å². The number of ether oxygens (including phenoxy) is 6. The molecule has 0 aromatic rings. The SMILES string of the molecule is CCCOC1COCC(N(C(=O)OC(C)(C)C)C(=O)OC(C)(C)C)C(=O)OC(C)C1OCCC. The van der Waals surface area contributed by atoms with Gasteiger partial charge in [0.05, 0.1) is 13.2 Å². The van der Waals surface area contributed by atoms with Crippen molar-refractivity contribution in [3.05, 3.63) is 0 Å². The van der Waals surface area contributed by atoms with E-state index in [2.05, 4.69) is 0 Å². The number of rotatable bonds is 7. The summed E-state index contributed by atoms with van der Waals surface area (Å²) in [6.45, 7) is 16.3. The highest BCUT2D eigenvalue weighted by Gasteiger charge is 2.44. The maximum absolute atomic E-state index is 13.2. The quantitative estimate of drug-likeness (QED) is 0.386. The summed E-state index contributed by atoms with van der Waals surface area (Å²) in [6.07, 6.45) is -2.29. The maximum atomic E-state index is 13.2. The molecule has 198 valence electrons. The lowest BCUT2D eigenvalue weighted by atomic mass is 10.1. The lowest BCUT2D eigenvalue weighted by molar-refractivity contribution is -0.169. The third kappa shape index (κ3) is 10.1. The molecule has 10 heteroatoms. The van der Waals surface area contributed by atoms with Gasteiger partial charge in [-0.05, 0) is 61.3 Å². The molecule has 0 aliphatic carbocycles. The third-order valence-electron chi connectivity index (χ3n) is 4.50. The zero-order valence-electron chi connectivity index (χ0n) is 22.2. The van der Waals surface area contributed by atoms with Gasteiger partial charge in [-0.2, -0.15) is 4.90 Å². The average Bonchev–Trinajstić information content (AvgIpc) is 2.72. The fourth-order valence-corrected chi connectivity index (χ4v) is 3.13. The summed E-state index contributed by atoms with van der Waals surface area (Å²) in [5, 5.41) is 0. The summed E-state index contributed by atoms with van der Waals surface area (Å²) in [6, 6.07) is -1.41. The minimum atomic E-state index is -1.41. The van der Waals surface area contributed by atoms with Crippen LogP contribution in [0.4, 0.5) is 9.59 Å². The van der Waals surface area contributed by atoms with Crippen LogP contribution in [0.3, 0.4) is 0 Å². The smallest absolute Gasteiger partial charge is 0.420 e. The van der Waals surface area contributed by atoms with Gasteiger partial charge >= 0.3 is 18.2 Å². The van der Waals surface area contributed by atoms with E-state index in [0.717, 1.165) is 12.8 Å². The molecule has 0 N–H and O–H groups in total. The number of carbonyl (C=O) groups is 3. The highest BCUT2D eigenvalue weighted by atomic mass is 16.6. The van der Waals surface area contributed by atoms with E-state index in [9.17, 15) is 14.4 Å². The molecule has 0 spiro atoms. The normalized spacial score (nSPS) is 24.3. The summed E-state index contributed by atoms with van der Waals surface area (Å²) in [4.78, 5) is 39.8. The lowest BCUT2D eigenvalue weighted by Crippen LogP contribution is -2.54. The van der Waals surface area contributed by atoms with Gasteiger partial charge in [0.15, 0.2) is 6.04 Å². The number of imide groups is 1. The van der Waals surface area contributed by atoms with Crippen molar-refractivity contribution in [2.24, 2.45) is 0 Å². The summed E-state index contributed by atoms with van der Waals surface area (Å²) < 4.78 is 34.1. The topological polar surface area (TPSA) is 110 Å². The molecule has 1 rings (SSSR count). The van der Waals surface area contributed by atoms with E-state index in [1.54, 1.807) is 48.5 Å². The Morgan fingerprint density at radius 3 is 1.88 bits per heavy atom. The molecular formula is C24H43NO9. The summed E-state index contributed by atoms with van der Waals surface area (Å²) in [5.74, 6) is -0.828. The van der Waals surface area contributed by atoms with Crippen molar-refractivity contribution in [3.63, 3.8) is 0 Å². The molecule has 4 atom stereocenters. The Hall–Kier alpha value is -1.91. The first kappa shape index (κ1) is 30.1. The molecule has 34 heavy (non-hydrogen) atoms. The molecule has 10 nitrogen and oxygen atoms in total. The Bertz CT molecular complexity index is 640. The molecule has 0 bridgehead atoms. The second-order valence-electron chi connectivity index (χ2n) is 10.3. The predicted octanol–water partition coefficient (Wildman–Crippen LogP) is 4.08. The summed E-state index contributed by atoms with van der Waals surface area (Å²) in [5.41, 5.74) is -1.82. The molecule has 2 amide bonds. The Labute approximate surface area is 203 Å². The first-order valence-corrected chi connectivity index (χ1v) is 12.0. The van der Waals surface area contributed by atoms with E-state index in [4.69, 9.17) is 28.4 Å². The minimum absolute atomic E-state index is 0.0857. The van der Waals surface area contributed by atoms with Crippen molar-refractivity contribution in [1.29, 1.82) is 0 Å². The van der Waals surface area contributed by atoms with Crippen LogP contribution in [0.5, 0.6) is 0 Å². The summed E-state index contributed by atoms with van der Waals surface area (Å²) in [7, 11) is 0. The minimum Gasteiger partial charge on any atom is -0.458 e. The Morgan fingerprint density at radius 2 is 1.41 bits per heavy atom. The molecule has 0 saturated carbocycles. The van der Waals surface area contributed by atoms with Gasteiger partial charge in [0, 0.05) is 13.2 Å². The van der Waals surface area contributed by atoms with E-state index < -0.39 is 53.7 Å². The van der Waals surface area contributed by atoms with Gasteiger partial charge in [0.1, 0.15) is 29.5 Å². The van der Waals surface area contributed by atoms with Gasteiger partial charge in [-0.25, -0.2) is 14.4 Å². The number of cyclic esters (lactones) is 1. The van der Waals surface area contributed by atoms with E-state index in [1.807, 2.05) is 13.8 Å². The Morgan fingerprint density at radius 1 is 0.912 bits per heavy atom. The van der Waals surface area contributed by atoms with Crippen molar-refractivity contribution in [1.82, 2.24) is 4.90 Å². The van der Waals surface area contributed by atoms with Crippen molar-refractivity contribution >= 4 is 18.2 Å². The largest absolute Gasteiger partial charge is 0.458 e. The van der Waals surface area contributed by atoms with Crippen LogP contribution in [-0.4, -0.2) is 85.0 Å². The molecule has 4 unspecified atom stereocenters. The number of hydrogen-bond acceptors (Lipinski definition) is 9. The van der Waals surface area contributed by atoms with Gasteiger partial charge in [0.25, 0.3) is 0 Å². The number of amides is 2. The standard InChI is InChI=1S/C24H43NO9/c1-10-12-30-18-15-29-14-17(20(26)32-16(3)19(18)31-13-11-2)25(21(27)33-23(4,5)6)22(28)34-24(7,8)9/h16-19H,10-15H2,1-9H3. The van der Waals surface area contributed by atoms with Gasteiger partial charge in [0.2, 0.25) is 0 Å². The van der Waals surface area contributed by atoms with Crippen LogP contribution in [0.15, 0.2) is 0 Å². The van der Waals surface area contributed by atoms with Gasteiger partial charge < -0.3 is 28.4 Å². The molecular weight excluding hydrogens is 446 g/mol. The molecule has 1 fully saturated rings. The fraction of sp³-hybridized carbons (Fsp3) is 0.875. The van der Waals surface area contributed by atoms with Gasteiger partial charge in [-0.1, -0.05) is 13.8 Å². The highest BCUT2D eigenvalue weighted by molar-refractivity contribution is 5.94. The van der Waals surface area contributed by atoms with Crippen molar-refractivity contribution < 1.29 is 42.8 Å². The molecule has 0 aromatic carbocycles. The molecule has 1 heterocycles. The fourth-order valence-electron chi connectivity index (χ4n) is 3.13. The number of nitrogens with zero attached hydrogens (tertiary/aromatic N) is 1. The molecule has 1 aliphatic rings. The number of hydrogen-bond donors (Lipinski definition) is 0. The summed E-state index contributed by atoms with van der Waals surface area (Å²) >= 11 is 0. The average molecular weight is 490 g/mol. The highest BCUT2D eigenvalue weighted by Crippen LogP contribution is 2.22. The van der Waals surface area contributed by atoms with Crippen LogP contribution in [0.25, 0.3) is 0 Å². The van der Waals surface area contributed by atoms with Crippen LogP contribution < -0.4 is 0 Å². The van der Waals surface area contributed by atoms with Crippen LogP contribution in [0, 0.1) is 0 Å². The second-order valence-corrected chi connectivity index (χ2v) is 10.3. The van der Waals surface area contributed by atoms with Crippen LogP contribution in [-0.2, 0) is 33.2 Å². The molecule has 0 radical (unpaired) electrons. The number of carbonyl (C=O) groups excluding carboxylic acids is 3. The Kier molecular flexibility index (Phi) is 11.7. The predicted molar refractivity (Wildman–Crippen MR) is 125 cm³/mol. The van der Waals surface area contributed by atoms with E-state index in [-0.39, 0.29) is 13.2 Å². The van der Waals surface area contributed by atoms with Crippen molar-refractivity contribution in [2.75, 3.05) is 26.4 Å². The lowest BCUT2D eigenvalue weighted by Gasteiger charge is -2.32. The van der Waals surface area contributed by atoms with Gasteiger partial charge in [-0.3, -0.25) is 0 Å². The van der Waals surface area contributed by atoms with E-state index in [0.29, 0.717) is 18.1 Å². The monoisotopic (exact) mass is 489 g/mol. The zero-order valence-corrected chi connectivity index (χ0v) is 22.2. The van der Waals surface area contributed by atoms with E-state index in [1.165, 1.54) is 0 Å².